The van der Waals surface area contributed by atoms with Crippen molar-refractivity contribution in [2.45, 2.75) is 0 Å². The number of likely N-dealkylation sites (N-methyl/N-ethyl adjacent to an activating group) is 4. The van der Waals surface area contributed by atoms with Crippen molar-refractivity contribution >= 4 is 38.1 Å². The lowest BCUT2D eigenvalue weighted by Crippen LogP contribution is -2.19. The number of halogens is 8. The van der Waals surface area contributed by atoms with Gasteiger partial charge in [0.05, 0.1) is 24.2 Å². The second-order valence-electron chi connectivity index (χ2n) is 7.92. The predicted octanol–water partition coefficient (Wildman–Crippen LogP) is 4.29. The molecule has 1 aromatic carbocycles. The molecule has 34 heavy (non-hydrogen) atoms. The molecule has 0 aromatic heterocycles. The molecule has 0 unspecified atom stereocenters. The number of hydrogen-bond acceptors (Lipinski definition) is 2. The van der Waals surface area contributed by atoms with E-state index in [-0.39, 0.29) is 0 Å². The van der Waals surface area contributed by atoms with Gasteiger partial charge >= 0.3 is 14.5 Å². The summed E-state index contributed by atoms with van der Waals surface area (Å²) in [7, 11) is -3.45. The van der Waals surface area contributed by atoms with Crippen LogP contribution in [0.2, 0.25) is 0 Å². The molecule has 0 atom stereocenters. The summed E-state index contributed by atoms with van der Waals surface area (Å²) in [5.74, 6) is 0. The molecule has 0 aliphatic carbocycles. The third kappa shape index (κ3) is 13.7. The molecule has 0 N–H and O–H groups in total. The molecule has 3 rings (SSSR count). The van der Waals surface area contributed by atoms with Crippen molar-refractivity contribution in [3.8, 4) is 0 Å². The van der Waals surface area contributed by atoms with Crippen molar-refractivity contribution in [1.82, 2.24) is 9.80 Å². The van der Waals surface area contributed by atoms with Gasteiger partial charge < -0.3 is 44.3 Å². The van der Waals surface area contributed by atoms with Gasteiger partial charge in [-0.05, 0) is 11.1 Å². The Bertz CT molecular complexity index is 835. The van der Waals surface area contributed by atoms with Crippen LogP contribution in [-0.2, 0) is 0 Å². The van der Waals surface area contributed by atoms with Crippen LogP contribution in [0.15, 0.2) is 36.7 Å². The summed E-state index contributed by atoms with van der Waals surface area (Å²) < 4.78 is 82.5. The Morgan fingerprint density at radius 1 is 0.618 bits per heavy atom. The molecule has 2 aliphatic heterocycles. The molecule has 0 amide bonds. The van der Waals surface area contributed by atoms with Crippen LogP contribution >= 0.6 is 0 Å². The summed E-state index contributed by atoms with van der Waals surface area (Å²) in [6.07, 6.45) is 8.93. The van der Waals surface area contributed by atoms with Crippen LogP contribution < -0.4 is 0 Å². The van der Waals surface area contributed by atoms with Gasteiger partial charge in [0.1, 0.15) is 14.1 Å². The molecule has 0 saturated carbocycles. The Balaban J connectivity index is 0.000000489. The first-order valence-corrected chi connectivity index (χ1v) is 10.3. The number of nitrogens with zero attached hydrogens (tertiary/aromatic N) is 4. The lowest BCUT2D eigenvalue weighted by Gasteiger charge is -2.11. The minimum atomic E-state index is -6.00. The molecule has 14 heteroatoms. The van der Waals surface area contributed by atoms with E-state index in [1.54, 1.807) is 0 Å². The summed E-state index contributed by atoms with van der Waals surface area (Å²) in [6.45, 7) is 4.20. The van der Waals surface area contributed by atoms with Crippen LogP contribution in [0.3, 0.4) is 0 Å². The molecule has 0 spiro atoms. The highest BCUT2D eigenvalue weighted by Crippen LogP contribution is 2.20. The van der Waals surface area contributed by atoms with Gasteiger partial charge in [-0.3, -0.25) is 0 Å². The molecular formula is C20H28B2F8N4. The van der Waals surface area contributed by atoms with E-state index in [1.165, 1.54) is 22.3 Å². The van der Waals surface area contributed by atoms with Crippen LogP contribution in [0.1, 0.15) is 11.1 Å². The first kappa shape index (κ1) is 29.2. The highest BCUT2D eigenvalue weighted by molar-refractivity contribution is 6.50. The molecular weight excluding hydrogens is 470 g/mol. The summed E-state index contributed by atoms with van der Waals surface area (Å²) >= 11 is 0. The first-order valence-electron chi connectivity index (χ1n) is 10.3. The largest absolute Gasteiger partial charge is 0.673 e. The fraction of sp³-hybridized carbons (Fsp3) is 0.400. The van der Waals surface area contributed by atoms with Gasteiger partial charge in [0.25, 0.3) is 0 Å². The number of allylic oxidation sites excluding steroid dienone is 2. The highest BCUT2D eigenvalue weighted by atomic mass is 19.5. The van der Waals surface area contributed by atoms with Crippen molar-refractivity contribution in [1.29, 1.82) is 0 Å². The quantitative estimate of drug-likeness (QED) is 0.343. The molecule has 2 aliphatic rings. The summed E-state index contributed by atoms with van der Waals surface area (Å²) in [5, 5.41) is 0. The number of rotatable bonds is 2. The maximum atomic E-state index is 9.75. The lowest BCUT2D eigenvalue weighted by atomic mass is 10.0. The Morgan fingerprint density at radius 2 is 0.882 bits per heavy atom. The van der Waals surface area contributed by atoms with Crippen LogP contribution in [-0.4, -0.2) is 100 Å². The van der Waals surface area contributed by atoms with Gasteiger partial charge in [-0.2, -0.15) is 0 Å². The van der Waals surface area contributed by atoms with Gasteiger partial charge in [-0.15, -0.1) is 0 Å². The SMILES string of the molecule is CN1C=C(c2ccc(C3=CN(C)CC[N+](C)=C3)cc2)C=[N+](C)CC1.F[B-](F)(F)F.F[B-](F)(F)F. The van der Waals surface area contributed by atoms with Crippen LogP contribution in [0, 0.1) is 0 Å². The molecule has 190 valence electrons. The topological polar surface area (TPSA) is 12.5 Å². The fourth-order valence-electron chi connectivity index (χ4n) is 3.06. The lowest BCUT2D eigenvalue weighted by molar-refractivity contribution is -0.490. The maximum absolute atomic E-state index is 9.75. The van der Waals surface area contributed by atoms with E-state index in [1.807, 2.05) is 0 Å². The van der Waals surface area contributed by atoms with Gasteiger partial charge in [0, 0.05) is 26.5 Å². The van der Waals surface area contributed by atoms with Crippen molar-refractivity contribution in [3.05, 3.63) is 47.8 Å². The summed E-state index contributed by atoms with van der Waals surface area (Å²) in [5.41, 5.74) is 5.04. The predicted molar refractivity (Wildman–Crippen MR) is 122 cm³/mol. The Kier molecular flexibility index (Phi) is 10.8. The molecule has 0 radical (unpaired) electrons. The average Bonchev–Trinajstić information content (AvgIpc) is 2.95. The molecule has 4 nitrogen and oxygen atoms in total. The zero-order chi connectivity index (χ0) is 26.1. The first-order chi connectivity index (χ1) is 15.5. The summed E-state index contributed by atoms with van der Waals surface area (Å²) in [6, 6.07) is 8.91. The minimum Gasteiger partial charge on any atom is -0.418 e. The molecule has 0 saturated heterocycles. The maximum Gasteiger partial charge on any atom is 0.673 e. The van der Waals surface area contributed by atoms with Crippen LogP contribution in [0.5, 0.6) is 0 Å². The number of benzene rings is 1. The van der Waals surface area contributed by atoms with Gasteiger partial charge in [0.15, 0.2) is 25.5 Å². The second kappa shape index (κ2) is 12.6. The monoisotopic (exact) mass is 498 g/mol. The Hall–Kier alpha value is -2.79. The standard InChI is InChI=1S/C20H28N4.2BF4/c1-21-9-10-22(2)14-19(13-21)17-5-7-18(8-6-17)20-15-23(3)11-12-24(4)16-20;2*2-1(3,4)5/h5-8,13-16H,9-12H2,1-4H3;;/q+2;2*-1. The van der Waals surface area contributed by atoms with E-state index in [0.717, 1.165) is 26.2 Å². The normalized spacial score (nSPS) is 16.9. The van der Waals surface area contributed by atoms with Crippen molar-refractivity contribution in [2.75, 3.05) is 54.4 Å². The van der Waals surface area contributed by atoms with E-state index < -0.39 is 14.5 Å². The van der Waals surface area contributed by atoms with Crippen molar-refractivity contribution in [3.63, 3.8) is 0 Å². The fourth-order valence-corrected chi connectivity index (χ4v) is 3.06. The van der Waals surface area contributed by atoms with Crippen molar-refractivity contribution < 1.29 is 43.7 Å². The second-order valence-corrected chi connectivity index (χ2v) is 7.92. The van der Waals surface area contributed by atoms with E-state index >= 15 is 0 Å². The molecule has 0 fully saturated rings. The van der Waals surface area contributed by atoms with E-state index in [2.05, 4.69) is 96.2 Å². The highest BCUT2D eigenvalue weighted by Gasteiger charge is 2.21. The molecule has 2 heterocycles. The van der Waals surface area contributed by atoms with Gasteiger partial charge in [0.2, 0.25) is 0 Å². The molecule has 0 bridgehead atoms. The zero-order valence-corrected chi connectivity index (χ0v) is 19.4. The molecule has 1 aromatic rings. The van der Waals surface area contributed by atoms with Gasteiger partial charge in [-0.25, -0.2) is 9.15 Å². The van der Waals surface area contributed by atoms with E-state index in [0.29, 0.717) is 0 Å². The van der Waals surface area contributed by atoms with Crippen molar-refractivity contribution in [2.24, 2.45) is 0 Å². The van der Waals surface area contributed by atoms with Gasteiger partial charge in [-0.1, -0.05) is 24.3 Å². The minimum absolute atomic E-state index is 1.05. The number of hydrogen-bond donors (Lipinski definition) is 0. The Morgan fingerprint density at radius 3 is 1.15 bits per heavy atom. The van der Waals surface area contributed by atoms with E-state index in [4.69, 9.17) is 0 Å². The average molecular weight is 498 g/mol. The third-order valence-electron chi connectivity index (χ3n) is 4.60. The zero-order valence-electron chi connectivity index (χ0n) is 19.4. The van der Waals surface area contributed by atoms with E-state index in [9.17, 15) is 34.5 Å². The van der Waals surface area contributed by atoms with Crippen LogP contribution in [0.25, 0.3) is 11.1 Å². The third-order valence-corrected chi connectivity index (χ3v) is 4.60. The smallest absolute Gasteiger partial charge is 0.418 e. The Labute approximate surface area is 194 Å². The van der Waals surface area contributed by atoms with Crippen LogP contribution in [0.4, 0.5) is 34.5 Å². The summed E-state index contributed by atoms with van der Waals surface area (Å²) in [4.78, 5) is 4.52.